The normalized spacial score (nSPS) is 15.4. The predicted molar refractivity (Wildman–Crippen MR) is 542 cm³/mol. The van der Waals surface area contributed by atoms with Crippen LogP contribution in [0.2, 0.25) is 0 Å². The average Bonchev–Trinajstić information content (AvgIpc) is 1.61. The topological polar surface area (TPSA) is 445 Å². The molecule has 1 saturated carbocycles. The molecule has 5 aliphatic rings. The molecule has 4 aliphatic heterocycles. The van der Waals surface area contributed by atoms with Crippen LogP contribution in [0.1, 0.15) is 119 Å². The lowest BCUT2D eigenvalue weighted by atomic mass is 10.1. The lowest BCUT2D eigenvalue weighted by Crippen LogP contribution is -2.44. The smallest absolute Gasteiger partial charge is 0.299 e. The lowest BCUT2D eigenvalue weighted by molar-refractivity contribution is -0.128. The van der Waals surface area contributed by atoms with Gasteiger partial charge >= 0.3 is 0 Å². The van der Waals surface area contributed by atoms with Crippen molar-refractivity contribution in [3.63, 3.8) is 0 Å². The van der Waals surface area contributed by atoms with Gasteiger partial charge in [0.05, 0.1) is 36.3 Å². The second-order valence-corrected chi connectivity index (χ2v) is 34.6. The number of amides is 7. The number of nitrogen functional groups attached to an aromatic ring is 3. The number of benzene rings is 6. The first kappa shape index (κ1) is 95.1. The molecule has 0 radical (unpaired) electrons. The van der Waals surface area contributed by atoms with E-state index in [2.05, 4.69) is 122 Å². The highest BCUT2D eigenvalue weighted by atomic mass is 32.1. The van der Waals surface area contributed by atoms with Gasteiger partial charge in [-0.15, -0.1) is 11.3 Å². The third-order valence-corrected chi connectivity index (χ3v) is 25.2. The molecule has 12 N–H and O–H groups in total. The summed E-state index contributed by atoms with van der Waals surface area (Å²) in [6.45, 7) is 15.2. The second-order valence-electron chi connectivity index (χ2n) is 33.7. The first-order valence-corrected chi connectivity index (χ1v) is 46.8. The molecule has 36 heteroatoms. The van der Waals surface area contributed by atoms with Crippen molar-refractivity contribution in [2.75, 3.05) is 110 Å². The molecule has 1 aliphatic carbocycles. The zero-order chi connectivity index (χ0) is 98.2. The lowest BCUT2D eigenvalue weighted by Gasteiger charge is -2.34. The van der Waals surface area contributed by atoms with E-state index in [1.807, 2.05) is 116 Å². The number of rotatable bonds is 22. The van der Waals surface area contributed by atoms with Crippen LogP contribution in [0, 0.1) is 29.6 Å². The van der Waals surface area contributed by atoms with Gasteiger partial charge in [0.1, 0.15) is 102 Å². The average molecular weight is 1910 g/mol. The Kier molecular flexibility index (Phi) is 29.4. The van der Waals surface area contributed by atoms with Crippen LogP contribution < -0.4 is 63.3 Å². The number of thiophene rings is 1. The van der Waals surface area contributed by atoms with E-state index in [0.29, 0.717) is 146 Å². The highest BCUT2D eigenvalue weighted by molar-refractivity contribution is 7.17. The fraction of sp³-hybridized carbons (Fsp3) is 0.219. The quantitative estimate of drug-likeness (QED) is 0.0231. The molecule has 3 atom stereocenters. The molecular weight excluding hydrogens is 1800 g/mol. The molecule has 9 aromatic heterocycles. The number of likely N-dealkylation sites (N-methyl/N-ethyl adjacent to an activating group) is 1. The first-order valence-electron chi connectivity index (χ1n) is 45.9. The van der Waals surface area contributed by atoms with Crippen LogP contribution in [0.4, 0.5) is 52.1 Å². The molecule has 0 unspecified atom stereocenters. The fourth-order valence-corrected chi connectivity index (χ4v) is 17.9. The number of likely N-dealkylation sites (tertiary alicyclic amines) is 3. The van der Waals surface area contributed by atoms with Gasteiger partial charge in [-0.25, -0.2) is 39.6 Å². The molecule has 4 saturated heterocycles. The van der Waals surface area contributed by atoms with Gasteiger partial charge in [0, 0.05) is 141 Å². The van der Waals surface area contributed by atoms with E-state index in [-0.39, 0.29) is 64.9 Å². The summed E-state index contributed by atoms with van der Waals surface area (Å²) in [5.41, 5.74) is 34.2. The number of para-hydroxylation sites is 1. The Balaban J connectivity index is 0.000000130. The van der Waals surface area contributed by atoms with Crippen LogP contribution in [0.3, 0.4) is 0 Å². The van der Waals surface area contributed by atoms with Gasteiger partial charge in [-0.2, -0.15) is 10.1 Å². The van der Waals surface area contributed by atoms with E-state index in [4.69, 9.17) is 47.1 Å². The number of methoxy groups -OCH3 is 1. The van der Waals surface area contributed by atoms with Crippen molar-refractivity contribution in [1.82, 2.24) is 78.1 Å². The van der Waals surface area contributed by atoms with E-state index < -0.39 is 5.91 Å². The zero-order valence-corrected chi connectivity index (χ0v) is 78.4. The van der Waals surface area contributed by atoms with E-state index >= 15 is 0 Å². The van der Waals surface area contributed by atoms with Gasteiger partial charge in [-0.3, -0.25) is 42.4 Å². The number of aromatic nitrogens is 12. The van der Waals surface area contributed by atoms with Crippen molar-refractivity contribution < 1.29 is 47.8 Å². The van der Waals surface area contributed by atoms with Crippen molar-refractivity contribution >= 4 is 126 Å². The van der Waals surface area contributed by atoms with Crippen LogP contribution in [-0.2, 0) is 19.2 Å². The Morgan fingerprint density at radius 3 is 1.77 bits per heavy atom. The number of hydrogen-bond acceptors (Lipinski definition) is 26. The van der Waals surface area contributed by atoms with Crippen molar-refractivity contribution in [2.24, 2.45) is 11.7 Å². The predicted octanol–water partition coefficient (Wildman–Crippen LogP) is 15.5. The fourth-order valence-electron chi connectivity index (χ4n) is 17.1. The number of ether oxygens (including phenoxy) is 3. The molecule has 13 heterocycles. The van der Waals surface area contributed by atoms with Crippen molar-refractivity contribution in [3.05, 3.63) is 284 Å². The summed E-state index contributed by atoms with van der Waals surface area (Å²) in [4.78, 5) is 133. The number of carbonyl (C=O) groups is 7. The van der Waals surface area contributed by atoms with Crippen molar-refractivity contribution in [1.29, 1.82) is 0 Å². The monoisotopic (exact) mass is 1900 g/mol. The highest BCUT2D eigenvalue weighted by Gasteiger charge is 2.37. The van der Waals surface area contributed by atoms with E-state index in [9.17, 15) is 33.6 Å². The van der Waals surface area contributed by atoms with Crippen LogP contribution in [-0.4, -0.2) is 186 Å². The molecule has 712 valence electrons. The number of hydrogen-bond donors (Lipinski definition) is 8. The Hall–Kier alpha value is -17.6. The number of imidazole rings is 2. The van der Waals surface area contributed by atoms with Gasteiger partial charge < -0.3 is 82.9 Å². The molecule has 15 aromatic rings. The summed E-state index contributed by atoms with van der Waals surface area (Å²) < 4.78 is 23.8. The molecule has 6 aromatic carbocycles. The molecule has 35 nitrogen and oxygen atoms in total. The number of pyridine rings is 2. The molecule has 141 heavy (non-hydrogen) atoms. The number of piperazine rings is 1. The molecule has 0 bridgehead atoms. The van der Waals surface area contributed by atoms with E-state index in [1.165, 1.54) is 36.3 Å². The number of carbonyl (C=O) groups excluding carboxylic acids is 7. The van der Waals surface area contributed by atoms with Gasteiger partial charge in [0.15, 0.2) is 0 Å². The van der Waals surface area contributed by atoms with E-state index in [1.54, 1.807) is 137 Å². The van der Waals surface area contributed by atoms with E-state index in [0.717, 1.165) is 111 Å². The Morgan fingerprint density at radius 1 is 0.546 bits per heavy atom. The number of piperidine rings is 1. The zero-order valence-electron chi connectivity index (χ0n) is 77.5. The van der Waals surface area contributed by atoms with Crippen LogP contribution >= 0.6 is 11.3 Å². The maximum atomic E-state index is 12.9. The summed E-state index contributed by atoms with van der Waals surface area (Å²) in [5, 5.41) is 18.2. The maximum Gasteiger partial charge on any atom is 0.299 e. The number of nitrogens with one attached hydrogen (secondary N) is 4. The Morgan fingerprint density at radius 2 is 1.15 bits per heavy atom. The number of nitrogens with two attached hydrogens (primary N) is 4. The summed E-state index contributed by atoms with van der Waals surface area (Å²) in [6, 6.07) is 56.4. The number of primary amides is 1. The summed E-state index contributed by atoms with van der Waals surface area (Å²) in [6.07, 6.45) is 19.6. The van der Waals surface area contributed by atoms with Gasteiger partial charge in [0.2, 0.25) is 23.6 Å². The summed E-state index contributed by atoms with van der Waals surface area (Å²) in [7, 11) is 3.66. The third kappa shape index (κ3) is 22.2. The van der Waals surface area contributed by atoms with Crippen LogP contribution in [0.25, 0.3) is 55.0 Å². The van der Waals surface area contributed by atoms with Gasteiger partial charge in [-0.05, 0) is 222 Å². The maximum absolute atomic E-state index is 12.9. The minimum atomic E-state index is -0.650. The van der Waals surface area contributed by atoms with Crippen molar-refractivity contribution in [3.8, 4) is 86.3 Å². The minimum absolute atomic E-state index is 0.134. The van der Waals surface area contributed by atoms with Gasteiger partial charge in [0.25, 0.3) is 29.5 Å². The number of fused-ring (bicyclic) bond motifs is 3. The third-order valence-electron chi connectivity index (χ3n) is 24.3. The SMILES string of the molecule is C=CC(=O)N1CCC[C@@H](n2nc(-c3ccc(Oc4ccccc4)cc3)c(C(N)=O)c2N)C1.C=CC(=O)Nc1cccc(Oc2nc(Nc3ccc(N4CCN(C)CC4)cc3)nc3ccsc23)c1.CC#CC(=O)N1CCC[C@H]1c1nc(-c2ccc(C(=O)Nc3ccccn3)c(OC)c2)c2c(N)nccn12.Nc1nccn2c([C@@H]3CCCN3C(=O)C#CC3CC3)nc(-c3ccc(C(=O)Nc4ccccn4)cc3)c12. The Bertz CT molecular complexity index is 7310. The number of nitrogens with zero attached hydrogens (tertiary/aromatic N) is 17. The highest BCUT2D eigenvalue weighted by Crippen LogP contribution is 2.43. The molecule has 7 amide bonds. The summed E-state index contributed by atoms with van der Waals surface area (Å²) >= 11 is 1.51. The molecule has 5 fully saturated rings. The van der Waals surface area contributed by atoms with Crippen molar-refractivity contribution in [2.45, 2.75) is 76.4 Å². The standard InChI is InChI=1S/C28H25N7O2.C27H25N7O3.C26H26N6O2S.C24H25N5O3/c29-26-25-24(19-9-11-20(12-10-19)28(37)32-22-5-1-2-14-30-22)33-27(35(25)17-15-31-26)21-4-3-16-34(21)23(36)13-8-18-6-7-18;1-3-7-22(35)33-14-6-8-19(33)26-32-23(24-25(28)30-13-15-34(24)26)17-10-11-18(20(16-17)37-2)27(36)31-21-9-4-5-12-29-21;1-3-23(33)27-19-5-4-6-21(17-19)34-25-24-22(11-16-35-24)29-26(30-25)28-18-7-9-20(10-8-18)32-14-12-31(2)13-15-32;1-2-20(30)28-14-6-7-17(15-28)29-23(25)21(24(26)31)22(27-29)16-10-12-19(13-11-16)32-18-8-4-3-5-9-18/h1-2,5,9-12,14-15,17-18,21H,3-4,6-7,16H2,(H2,29,31)(H,30,32,37);4-5,9-13,15-16,19H,6,8,14H2,1-2H3,(H2,28,30)(H,29,31,36);3-11,16-17H,1,12-15H2,2H3,(H,27,33)(H,28,29,30);2-5,8-13,17H,1,6-7,14-15,25H2,(H2,26,31)/t21-;19-;;17-/m00.1/s1. The first-order chi connectivity index (χ1) is 68.6. The molecular formula is C105H101N25O10S. The summed E-state index contributed by atoms with van der Waals surface area (Å²) in [5.74, 6) is 15.9. The van der Waals surface area contributed by atoms with Crippen LogP contribution in [0.15, 0.2) is 256 Å². The van der Waals surface area contributed by atoms with Gasteiger partial charge in [-0.1, -0.05) is 79.6 Å². The number of anilines is 9. The molecule has 0 spiro atoms. The minimum Gasteiger partial charge on any atom is -0.496 e. The largest absolute Gasteiger partial charge is 0.496 e. The Labute approximate surface area is 815 Å². The second kappa shape index (κ2) is 43.6. The van der Waals surface area contributed by atoms with Crippen LogP contribution in [0.5, 0.6) is 28.9 Å². The molecule has 20 rings (SSSR count).